The number of rotatable bonds is 3. The average Bonchev–Trinajstić information content (AvgIpc) is 2.97. The van der Waals surface area contributed by atoms with Gasteiger partial charge in [-0.05, 0) is 32.9 Å². The monoisotopic (exact) mass is 260 g/mol. The summed E-state index contributed by atoms with van der Waals surface area (Å²) in [6, 6.07) is 2.47. The van der Waals surface area contributed by atoms with Gasteiger partial charge in [0.15, 0.2) is 0 Å². The molecule has 1 atom stereocenters. The molecule has 0 saturated carbocycles. The molecule has 1 amide bonds. The Bertz CT molecular complexity index is 514. The zero-order chi connectivity index (χ0) is 13.4. The minimum Gasteiger partial charge on any atom is -0.354 e. The Balaban J connectivity index is 2.04. The first-order chi connectivity index (χ1) is 9.20. The maximum atomic E-state index is 11.9. The molecule has 102 valence electrons. The predicted octanol–water partition coefficient (Wildman–Crippen LogP) is 1.03. The van der Waals surface area contributed by atoms with E-state index in [0.29, 0.717) is 19.1 Å². The average molecular weight is 260 g/mol. The standard InChI is InChI=1S/C14H20N4O/c1-9-4-3-5-18(9)13-6-10-11(7-16-14(10)19)12(17-13)8-15-2/h6,9,15H,3-5,7-8H2,1-2H3,(H,16,19)/t9-/m1/s1. The number of hydrogen-bond acceptors (Lipinski definition) is 4. The number of hydrogen-bond donors (Lipinski definition) is 2. The molecule has 0 unspecified atom stereocenters. The van der Waals surface area contributed by atoms with Crippen molar-refractivity contribution < 1.29 is 4.79 Å². The number of anilines is 1. The molecule has 5 nitrogen and oxygen atoms in total. The second kappa shape index (κ2) is 4.81. The van der Waals surface area contributed by atoms with Crippen LogP contribution >= 0.6 is 0 Å². The number of carbonyl (C=O) groups excluding carboxylic acids is 1. The molecule has 3 rings (SSSR count). The van der Waals surface area contributed by atoms with Crippen molar-refractivity contribution in [2.45, 2.75) is 38.9 Å². The Morgan fingerprint density at radius 2 is 2.42 bits per heavy atom. The molecule has 0 aromatic carbocycles. The molecule has 2 N–H and O–H groups in total. The van der Waals surface area contributed by atoms with Gasteiger partial charge in [0, 0.05) is 36.8 Å². The van der Waals surface area contributed by atoms with Gasteiger partial charge < -0.3 is 15.5 Å². The maximum absolute atomic E-state index is 11.9. The Kier molecular flexibility index (Phi) is 3.14. The molecule has 1 saturated heterocycles. The van der Waals surface area contributed by atoms with Gasteiger partial charge in [0.2, 0.25) is 0 Å². The molecule has 0 aliphatic carbocycles. The van der Waals surface area contributed by atoms with Gasteiger partial charge in [0.25, 0.3) is 5.91 Å². The van der Waals surface area contributed by atoms with Gasteiger partial charge in [-0.1, -0.05) is 0 Å². The molecule has 2 aliphatic heterocycles. The van der Waals surface area contributed by atoms with Crippen LogP contribution in [0.3, 0.4) is 0 Å². The number of nitrogens with zero attached hydrogens (tertiary/aromatic N) is 2. The van der Waals surface area contributed by atoms with E-state index in [4.69, 9.17) is 4.98 Å². The van der Waals surface area contributed by atoms with Crippen LogP contribution in [0.15, 0.2) is 6.07 Å². The van der Waals surface area contributed by atoms with Crippen molar-refractivity contribution in [1.29, 1.82) is 0 Å². The topological polar surface area (TPSA) is 57.3 Å². The molecule has 3 heterocycles. The second-order valence-electron chi connectivity index (χ2n) is 5.35. The number of amides is 1. The second-order valence-corrected chi connectivity index (χ2v) is 5.35. The molecule has 0 radical (unpaired) electrons. The van der Waals surface area contributed by atoms with Gasteiger partial charge >= 0.3 is 0 Å². The fourth-order valence-corrected chi connectivity index (χ4v) is 3.01. The molecule has 0 bridgehead atoms. The van der Waals surface area contributed by atoms with Crippen LogP contribution in [0.25, 0.3) is 0 Å². The molecule has 1 aromatic rings. The van der Waals surface area contributed by atoms with E-state index < -0.39 is 0 Å². The van der Waals surface area contributed by atoms with E-state index >= 15 is 0 Å². The molecule has 1 aromatic heterocycles. The lowest BCUT2D eigenvalue weighted by Crippen LogP contribution is -2.28. The van der Waals surface area contributed by atoms with Crippen LogP contribution in [0.1, 0.15) is 41.4 Å². The third kappa shape index (κ3) is 2.08. The zero-order valence-electron chi connectivity index (χ0n) is 11.5. The predicted molar refractivity (Wildman–Crippen MR) is 74.2 cm³/mol. The normalized spacial score (nSPS) is 21.7. The van der Waals surface area contributed by atoms with Gasteiger partial charge in [-0.2, -0.15) is 0 Å². The van der Waals surface area contributed by atoms with Crippen LogP contribution < -0.4 is 15.5 Å². The molecule has 0 spiro atoms. The largest absolute Gasteiger partial charge is 0.354 e. The first-order valence-electron chi connectivity index (χ1n) is 6.93. The van der Waals surface area contributed by atoms with Crippen molar-refractivity contribution in [2.24, 2.45) is 0 Å². The Labute approximate surface area is 113 Å². The van der Waals surface area contributed by atoms with Gasteiger partial charge in [-0.25, -0.2) is 4.98 Å². The summed E-state index contributed by atoms with van der Waals surface area (Å²) >= 11 is 0. The third-order valence-electron chi connectivity index (χ3n) is 4.06. The van der Waals surface area contributed by atoms with Crippen LogP contribution in [0, 0.1) is 0 Å². The summed E-state index contributed by atoms with van der Waals surface area (Å²) in [5, 5.41) is 6.03. The van der Waals surface area contributed by atoms with Crippen LogP contribution in [0.2, 0.25) is 0 Å². The van der Waals surface area contributed by atoms with Gasteiger partial charge in [-0.15, -0.1) is 0 Å². The first-order valence-corrected chi connectivity index (χ1v) is 6.93. The lowest BCUT2D eigenvalue weighted by molar-refractivity contribution is 0.0965. The minimum absolute atomic E-state index is 0.0304. The number of carbonyl (C=O) groups is 1. The number of nitrogens with one attached hydrogen (secondary N) is 2. The van der Waals surface area contributed by atoms with Crippen LogP contribution in [0.5, 0.6) is 0 Å². The lowest BCUT2D eigenvalue weighted by atomic mass is 10.1. The van der Waals surface area contributed by atoms with Crippen molar-refractivity contribution in [1.82, 2.24) is 15.6 Å². The van der Waals surface area contributed by atoms with Gasteiger partial charge in [0.1, 0.15) is 5.82 Å². The summed E-state index contributed by atoms with van der Waals surface area (Å²) in [6.45, 7) is 4.56. The summed E-state index contributed by atoms with van der Waals surface area (Å²) in [7, 11) is 1.91. The Hall–Kier alpha value is -1.62. The quantitative estimate of drug-likeness (QED) is 0.852. The minimum atomic E-state index is 0.0304. The zero-order valence-corrected chi connectivity index (χ0v) is 11.5. The molecular weight excluding hydrogens is 240 g/mol. The molecule has 19 heavy (non-hydrogen) atoms. The molecule has 5 heteroatoms. The summed E-state index contributed by atoms with van der Waals surface area (Å²) in [5.41, 5.74) is 2.84. The highest BCUT2D eigenvalue weighted by Crippen LogP contribution is 2.28. The molecular formula is C14H20N4O. The number of aromatic nitrogens is 1. The summed E-state index contributed by atoms with van der Waals surface area (Å²) in [6.07, 6.45) is 2.40. The third-order valence-corrected chi connectivity index (χ3v) is 4.06. The van der Waals surface area contributed by atoms with E-state index in [9.17, 15) is 4.79 Å². The van der Waals surface area contributed by atoms with Crippen molar-refractivity contribution in [3.05, 3.63) is 22.9 Å². The van der Waals surface area contributed by atoms with Gasteiger partial charge in [0.05, 0.1) is 5.69 Å². The Morgan fingerprint density at radius 3 is 3.11 bits per heavy atom. The van der Waals surface area contributed by atoms with E-state index in [-0.39, 0.29) is 5.91 Å². The van der Waals surface area contributed by atoms with E-state index in [1.54, 1.807) is 0 Å². The fourth-order valence-electron chi connectivity index (χ4n) is 3.01. The van der Waals surface area contributed by atoms with Crippen LogP contribution in [-0.4, -0.2) is 30.5 Å². The summed E-state index contributed by atoms with van der Waals surface area (Å²) in [5.74, 6) is 0.980. The van der Waals surface area contributed by atoms with Crippen LogP contribution in [0.4, 0.5) is 5.82 Å². The highest BCUT2D eigenvalue weighted by atomic mass is 16.1. The van der Waals surface area contributed by atoms with Crippen molar-refractivity contribution in [2.75, 3.05) is 18.5 Å². The first kappa shape index (κ1) is 12.4. The van der Waals surface area contributed by atoms with Crippen molar-refractivity contribution in [3.8, 4) is 0 Å². The number of fused-ring (bicyclic) bond motifs is 1. The maximum Gasteiger partial charge on any atom is 0.252 e. The van der Waals surface area contributed by atoms with Crippen molar-refractivity contribution in [3.63, 3.8) is 0 Å². The van der Waals surface area contributed by atoms with E-state index in [0.717, 1.165) is 29.2 Å². The molecule has 1 fully saturated rings. The van der Waals surface area contributed by atoms with Crippen molar-refractivity contribution >= 4 is 11.7 Å². The highest BCUT2D eigenvalue weighted by Gasteiger charge is 2.27. The van der Waals surface area contributed by atoms with E-state index in [2.05, 4.69) is 22.5 Å². The number of pyridine rings is 1. The van der Waals surface area contributed by atoms with E-state index in [1.165, 1.54) is 12.8 Å². The Morgan fingerprint density at radius 1 is 1.58 bits per heavy atom. The SMILES string of the molecule is CNCc1nc(N2CCC[C@H]2C)cc2c1CNC2=O. The van der Waals surface area contributed by atoms with E-state index in [1.807, 2.05) is 13.1 Å². The summed E-state index contributed by atoms with van der Waals surface area (Å²) < 4.78 is 0. The molecule has 2 aliphatic rings. The lowest BCUT2D eigenvalue weighted by Gasteiger charge is -2.24. The summed E-state index contributed by atoms with van der Waals surface area (Å²) in [4.78, 5) is 19.0. The smallest absolute Gasteiger partial charge is 0.252 e. The fraction of sp³-hybridized carbons (Fsp3) is 0.571. The van der Waals surface area contributed by atoms with Gasteiger partial charge in [-0.3, -0.25) is 4.79 Å². The van der Waals surface area contributed by atoms with Crippen LogP contribution in [-0.2, 0) is 13.1 Å². The highest BCUT2D eigenvalue weighted by molar-refractivity contribution is 5.99.